The molecular formula is C21H28N4O5S. The number of esters is 1. The molecule has 9 nitrogen and oxygen atoms in total. The molecule has 168 valence electrons. The number of carbonyl (C=O) groups excluding carboxylic acids is 2. The lowest BCUT2D eigenvalue weighted by atomic mass is 10.0. The zero-order chi connectivity index (χ0) is 22.6. The minimum Gasteiger partial charge on any atom is -0.465 e. The third kappa shape index (κ3) is 5.43. The Kier molecular flexibility index (Phi) is 6.99. The van der Waals surface area contributed by atoms with E-state index in [0.717, 1.165) is 5.56 Å². The van der Waals surface area contributed by atoms with Crippen LogP contribution in [0, 0.1) is 6.92 Å². The van der Waals surface area contributed by atoms with Crippen molar-refractivity contribution < 1.29 is 22.7 Å². The number of ether oxygens (including phenoxy) is 1. The largest absolute Gasteiger partial charge is 0.465 e. The zero-order valence-corrected chi connectivity index (χ0v) is 18.8. The number of piperidine rings is 1. The summed E-state index contributed by atoms with van der Waals surface area (Å²) in [5.41, 5.74) is 2.33. The van der Waals surface area contributed by atoms with E-state index in [2.05, 4.69) is 15.0 Å². The summed E-state index contributed by atoms with van der Waals surface area (Å²) in [5, 5.41) is 5.32. The molecule has 0 bridgehead atoms. The Bertz CT molecular complexity index is 1010. The fourth-order valence-corrected chi connectivity index (χ4v) is 5.21. The van der Waals surface area contributed by atoms with Crippen LogP contribution in [0.5, 0.6) is 0 Å². The topological polar surface area (TPSA) is 117 Å². The maximum Gasteiger partial charge on any atom is 0.325 e. The molecule has 1 saturated heterocycles. The van der Waals surface area contributed by atoms with Crippen LogP contribution in [0.3, 0.4) is 0 Å². The number of rotatable bonds is 5. The molecule has 2 aliphatic heterocycles. The highest BCUT2D eigenvalue weighted by Crippen LogP contribution is 2.34. The van der Waals surface area contributed by atoms with E-state index in [1.54, 1.807) is 26.0 Å². The number of hydrogen-bond donors (Lipinski definition) is 2. The van der Waals surface area contributed by atoms with Gasteiger partial charge in [0.1, 0.15) is 17.3 Å². The minimum atomic E-state index is -3.75. The van der Waals surface area contributed by atoms with Gasteiger partial charge >= 0.3 is 12.0 Å². The lowest BCUT2D eigenvalue weighted by Gasteiger charge is -2.33. The summed E-state index contributed by atoms with van der Waals surface area (Å²) in [6.07, 6.45) is 1.28. The van der Waals surface area contributed by atoms with Crippen molar-refractivity contribution >= 4 is 32.8 Å². The molecule has 0 aliphatic carbocycles. The van der Waals surface area contributed by atoms with Gasteiger partial charge in [0.25, 0.3) is 10.0 Å². The average Bonchev–Trinajstić information content (AvgIpc) is 2.97. The van der Waals surface area contributed by atoms with Crippen molar-refractivity contribution in [1.82, 2.24) is 15.5 Å². The summed E-state index contributed by atoms with van der Waals surface area (Å²) in [6, 6.07) is 6.87. The molecule has 2 heterocycles. The van der Waals surface area contributed by atoms with Gasteiger partial charge in [0, 0.05) is 24.7 Å². The number of likely N-dealkylation sites (tertiary alicyclic amines) is 1. The first-order valence-electron chi connectivity index (χ1n) is 10.3. The molecule has 31 heavy (non-hydrogen) atoms. The van der Waals surface area contributed by atoms with Gasteiger partial charge in [-0.3, -0.25) is 4.79 Å². The number of hydrogen-bond acceptors (Lipinski definition) is 6. The second kappa shape index (κ2) is 9.51. The number of urea groups is 1. The van der Waals surface area contributed by atoms with Crippen molar-refractivity contribution in [2.75, 3.05) is 26.2 Å². The summed E-state index contributed by atoms with van der Waals surface area (Å²) < 4.78 is 34.3. The molecule has 0 saturated carbocycles. The molecule has 0 spiro atoms. The van der Waals surface area contributed by atoms with Crippen molar-refractivity contribution in [3.63, 3.8) is 0 Å². The van der Waals surface area contributed by atoms with Crippen LogP contribution in [0.15, 0.2) is 34.2 Å². The van der Waals surface area contributed by atoms with E-state index in [1.165, 1.54) is 0 Å². The van der Waals surface area contributed by atoms with Crippen molar-refractivity contribution in [1.29, 1.82) is 0 Å². The predicted octanol–water partition coefficient (Wildman–Crippen LogP) is 1.79. The van der Waals surface area contributed by atoms with E-state index in [0.29, 0.717) is 42.9 Å². The summed E-state index contributed by atoms with van der Waals surface area (Å²) in [6.45, 7) is 6.65. The Morgan fingerprint density at radius 2 is 1.81 bits per heavy atom. The van der Waals surface area contributed by atoms with E-state index in [4.69, 9.17) is 4.74 Å². The Labute approximate surface area is 182 Å². The summed E-state index contributed by atoms with van der Waals surface area (Å²) in [4.78, 5) is 25.5. The first kappa shape index (κ1) is 22.8. The molecule has 0 aromatic heterocycles. The predicted molar refractivity (Wildman–Crippen MR) is 118 cm³/mol. The number of sulfonamides is 1. The minimum absolute atomic E-state index is 0.0714. The number of amides is 2. The standard InChI is InChI=1S/C21H28N4O5S/c1-4-30-18(26)13-22-21(27)23-17-9-11-25(12-10-17)20-15(3)19(31(28,29)24-20)16-7-5-14(2)6-8-16/h5-8,17H,4,9-13H2,1-3H3,(H2,22,23,27). The second-order valence-electron chi connectivity index (χ2n) is 7.60. The molecule has 1 aromatic carbocycles. The van der Waals surface area contributed by atoms with Gasteiger partial charge in [-0.1, -0.05) is 29.8 Å². The van der Waals surface area contributed by atoms with Gasteiger partial charge in [0.15, 0.2) is 0 Å². The summed E-state index contributed by atoms with van der Waals surface area (Å²) in [7, 11) is -3.75. The van der Waals surface area contributed by atoms with Crippen molar-refractivity contribution in [3.05, 3.63) is 41.0 Å². The van der Waals surface area contributed by atoms with E-state index >= 15 is 0 Å². The highest BCUT2D eigenvalue weighted by Gasteiger charge is 2.35. The molecule has 3 rings (SSSR count). The van der Waals surface area contributed by atoms with Crippen LogP contribution in [0.4, 0.5) is 4.79 Å². The summed E-state index contributed by atoms with van der Waals surface area (Å²) in [5.74, 6) is -0.0136. The Morgan fingerprint density at radius 1 is 1.16 bits per heavy atom. The smallest absolute Gasteiger partial charge is 0.325 e. The SMILES string of the molecule is CCOC(=O)CNC(=O)NC1CCN(C2=NS(=O)(=O)C(c3ccc(C)cc3)=C2C)CC1. The molecule has 2 aliphatic rings. The first-order chi connectivity index (χ1) is 14.7. The van der Waals surface area contributed by atoms with Crippen molar-refractivity contribution in [3.8, 4) is 0 Å². The molecule has 1 aromatic rings. The van der Waals surface area contributed by atoms with E-state index in [9.17, 15) is 18.0 Å². The number of carbonyl (C=O) groups is 2. The van der Waals surface area contributed by atoms with Crippen LogP contribution in [-0.4, -0.2) is 63.4 Å². The fraction of sp³-hybridized carbons (Fsp3) is 0.476. The van der Waals surface area contributed by atoms with Crippen molar-refractivity contribution in [2.45, 2.75) is 39.7 Å². The monoisotopic (exact) mass is 448 g/mol. The third-order valence-corrected chi connectivity index (χ3v) is 6.75. The molecule has 0 unspecified atom stereocenters. The van der Waals surface area contributed by atoms with E-state index < -0.39 is 22.0 Å². The maximum atomic E-state index is 12.7. The quantitative estimate of drug-likeness (QED) is 0.664. The van der Waals surface area contributed by atoms with Gasteiger partial charge in [-0.2, -0.15) is 8.42 Å². The maximum absolute atomic E-state index is 12.7. The van der Waals surface area contributed by atoms with Crippen LogP contribution < -0.4 is 10.6 Å². The van der Waals surface area contributed by atoms with E-state index in [1.807, 2.05) is 24.0 Å². The van der Waals surface area contributed by atoms with Gasteiger partial charge in [0.05, 0.1) is 6.61 Å². The number of nitrogens with one attached hydrogen (secondary N) is 2. The average molecular weight is 449 g/mol. The normalized spacial score (nSPS) is 18.5. The van der Waals surface area contributed by atoms with Gasteiger partial charge in [-0.15, -0.1) is 4.40 Å². The molecule has 1 fully saturated rings. The third-order valence-electron chi connectivity index (χ3n) is 5.28. The first-order valence-corrected chi connectivity index (χ1v) is 11.7. The molecule has 0 radical (unpaired) electrons. The van der Waals surface area contributed by atoms with Gasteiger partial charge < -0.3 is 20.3 Å². The molecular weight excluding hydrogens is 420 g/mol. The number of amidine groups is 1. The Hall–Kier alpha value is -2.88. The van der Waals surface area contributed by atoms with Crippen LogP contribution >= 0.6 is 0 Å². The molecule has 0 atom stereocenters. The number of nitrogens with zero attached hydrogens (tertiary/aromatic N) is 2. The Balaban J connectivity index is 1.60. The van der Waals surface area contributed by atoms with Gasteiger partial charge in [0.2, 0.25) is 0 Å². The highest BCUT2D eigenvalue weighted by molar-refractivity contribution is 8.00. The molecule has 2 amide bonds. The lowest BCUT2D eigenvalue weighted by Crippen LogP contribution is -2.49. The van der Waals surface area contributed by atoms with Crippen LogP contribution in [0.25, 0.3) is 4.91 Å². The second-order valence-corrected chi connectivity index (χ2v) is 9.14. The molecule has 10 heteroatoms. The van der Waals surface area contributed by atoms with E-state index in [-0.39, 0.29) is 24.1 Å². The Morgan fingerprint density at radius 3 is 2.42 bits per heavy atom. The van der Waals surface area contributed by atoms with Crippen LogP contribution in [0.1, 0.15) is 37.8 Å². The number of benzene rings is 1. The van der Waals surface area contributed by atoms with Crippen molar-refractivity contribution in [2.24, 2.45) is 4.40 Å². The fourth-order valence-electron chi connectivity index (χ4n) is 3.72. The van der Waals surface area contributed by atoms with Gasteiger partial charge in [-0.25, -0.2) is 4.79 Å². The highest BCUT2D eigenvalue weighted by atomic mass is 32.2. The zero-order valence-electron chi connectivity index (χ0n) is 18.0. The molecule has 2 N–H and O–H groups in total. The number of aryl methyl sites for hydroxylation is 1. The summed E-state index contributed by atoms with van der Waals surface area (Å²) >= 11 is 0. The van der Waals surface area contributed by atoms with Crippen LogP contribution in [-0.2, 0) is 19.6 Å². The van der Waals surface area contributed by atoms with Gasteiger partial charge in [-0.05, 0) is 39.2 Å². The van der Waals surface area contributed by atoms with Crippen LogP contribution in [0.2, 0.25) is 0 Å². The lowest BCUT2D eigenvalue weighted by molar-refractivity contribution is -0.141.